The summed E-state index contributed by atoms with van der Waals surface area (Å²) >= 11 is 1.49. The third-order valence-corrected chi connectivity index (χ3v) is 4.22. The van der Waals surface area contributed by atoms with Crippen LogP contribution in [0.3, 0.4) is 0 Å². The second-order valence-corrected chi connectivity index (χ2v) is 5.85. The Balaban J connectivity index is 1.86. The average Bonchev–Trinajstić information content (AvgIpc) is 2.75. The molecule has 0 atom stereocenters. The fraction of sp³-hybridized carbons (Fsp3) is 0.833. The van der Waals surface area contributed by atoms with Gasteiger partial charge in [0.25, 0.3) is 0 Å². The lowest BCUT2D eigenvalue weighted by atomic mass is 9.76. The first-order chi connectivity index (χ1) is 7.72. The monoisotopic (exact) mass is 239 g/mol. The highest BCUT2D eigenvalue weighted by molar-refractivity contribution is 7.09. The van der Waals surface area contributed by atoms with E-state index in [0.717, 1.165) is 23.9 Å². The van der Waals surface area contributed by atoms with Gasteiger partial charge >= 0.3 is 0 Å². The van der Waals surface area contributed by atoms with Gasteiger partial charge in [0.2, 0.25) is 5.13 Å². The minimum atomic E-state index is 0.469. The van der Waals surface area contributed by atoms with Crippen LogP contribution in [0.1, 0.15) is 51.8 Å². The molecule has 1 fully saturated rings. The van der Waals surface area contributed by atoms with E-state index in [2.05, 4.69) is 28.5 Å². The van der Waals surface area contributed by atoms with Crippen molar-refractivity contribution >= 4 is 16.7 Å². The summed E-state index contributed by atoms with van der Waals surface area (Å²) in [4.78, 5) is 4.44. The van der Waals surface area contributed by atoms with Gasteiger partial charge in [0, 0.05) is 24.5 Å². The first-order valence-corrected chi connectivity index (χ1v) is 7.06. The SMILES string of the molecule is CCc1nsc(NCC2(C)CCCCC2)n1. The van der Waals surface area contributed by atoms with Crippen molar-refractivity contribution in [2.45, 2.75) is 52.4 Å². The van der Waals surface area contributed by atoms with Crippen molar-refractivity contribution in [3.05, 3.63) is 5.82 Å². The molecule has 0 saturated heterocycles. The standard InChI is InChI=1S/C12H21N3S/c1-3-10-14-11(16-15-10)13-9-12(2)7-5-4-6-8-12/h3-9H2,1-2H3,(H,13,14,15). The Hall–Kier alpha value is -0.640. The average molecular weight is 239 g/mol. The fourth-order valence-electron chi connectivity index (χ4n) is 2.34. The summed E-state index contributed by atoms with van der Waals surface area (Å²) in [6.07, 6.45) is 7.80. The molecule has 0 amide bonds. The maximum atomic E-state index is 4.44. The van der Waals surface area contributed by atoms with E-state index in [-0.39, 0.29) is 0 Å². The number of hydrogen-bond donors (Lipinski definition) is 1. The lowest BCUT2D eigenvalue weighted by Crippen LogP contribution is -2.28. The van der Waals surface area contributed by atoms with E-state index in [1.54, 1.807) is 0 Å². The van der Waals surface area contributed by atoms with Crippen molar-refractivity contribution < 1.29 is 0 Å². The van der Waals surface area contributed by atoms with E-state index >= 15 is 0 Å². The predicted octanol–water partition coefficient (Wildman–Crippen LogP) is 3.48. The van der Waals surface area contributed by atoms with Crippen molar-refractivity contribution in [3.63, 3.8) is 0 Å². The van der Waals surface area contributed by atoms with Crippen molar-refractivity contribution in [1.82, 2.24) is 9.36 Å². The molecule has 4 heteroatoms. The minimum Gasteiger partial charge on any atom is -0.360 e. The third kappa shape index (κ3) is 2.94. The lowest BCUT2D eigenvalue weighted by molar-refractivity contribution is 0.233. The molecule has 0 aliphatic heterocycles. The number of nitrogens with zero attached hydrogens (tertiary/aromatic N) is 2. The summed E-state index contributed by atoms with van der Waals surface area (Å²) in [6, 6.07) is 0. The molecule has 1 heterocycles. The van der Waals surface area contributed by atoms with E-state index in [1.165, 1.54) is 43.6 Å². The number of rotatable bonds is 4. The van der Waals surface area contributed by atoms with Crippen molar-refractivity contribution in [2.75, 3.05) is 11.9 Å². The van der Waals surface area contributed by atoms with Gasteiger partial charge in [0.15, 0.2) is 0 Å². The molecule has 16 heavy (non-hydrogen) atoms. The predicted molar refractivity (Wildman–Crippen MR) is 69.0 cm³/mol. The molecular formula is C12H21N3S. The Morgan fingerprint density at radius 2 is 2.06 bits per heavy atom. The molecule has 0 radical (unpaired) electrons. The molecule has 90 valence electrons. The third-order valence-electron chi connectivity index (χ3n) is 3.51. The highest BCUT2D eigenvalue weighted by atomic mass is 32.1. The molecule has 2 rings (SSSR count). The van der Waals surface area contributed by atoms with Crippen LogP contribution in [0.2, 0.25) is 0 Å². The number of anilines is 1. The Labute approximate surface area is 102 Å². The zero-order chi connectivity index (χ0) is 11.4. The number of aromatic nitrogens is 2. The molecule has 3 nitrogen and oxygen atoms in total. The van der Waals surface area contributed by atoms with Gasteiger partial charge in [-0.25, -0.2) is 4.98 Å². The van der Waals surface area contributed by atoms with Crippen molar-refractivity contribution in [2.24, 2.45) is 5.41 Å². The zero-order valence-electron chi connectivity index (χ0n) is 10.3. The largest absolute Gasteiger partial charge is 0.360 e. The molecular weight excluding hydrogens is 218 g/mol. The Morgan fingerprint density at radius 1 is 1.31 bits per heavy atom. The molecule has 1 aromatic heterocycles. The Morgan fingerprint density at radius 3 is 2.69 bits per heavy atom. The summed E-state index contributed by atoms with van der Waals surface area (Å²) < 4.78 is 4.29. The van der Waals surface area contributed by atoms with E-state index in [4.69, 9.17) is 0 Å². The van der Waals surface area contributed by atoms with Crippen LogP contribution in [0.25, 0.3) is 0 Å². The zero-order valence-corrected chi connectivity index (χ0v) is 11.1. The van der Waals surface area contributed by atoms with E-state index in [1.807, 2.05) is 0 Å². The van der Waals surface area contributed by atoms with Crippen molar-refractivity contribution in [1.29, 1.82) is 0 Å². The van der Waals surface area contributed by atoms with Gasteiger partial charge in [0.05, 0.1) is 0 Å². The first kappa shape index (κ1) is 11.8. The molecule has 1 N–H and O–H groups in total. The second kappa shape index (κ2) is 5.13. The number of aryl methyl sites for hydroxylation is 1. The quantitative estimate of drug-likeness (QED) is 0.874. The van der Waals surface area contributed by atoms with Crippen LogP contribution in [-0.4, -0.2) is 15.9 Å². The van der Waals surface area contributed by atoms with E-state index in [0.29, 0.717) is 5.41 Å². The smallest absolute Gasteiger partial charge is 0.202 e. The Bertz CT molecular complexity index is 329. The van der Waals surface area contributed by atoms with Gasteiger partial charge in [-0.1, -0.05) is 33.1 Å². The van der Waals surface area contributed by atoms with Crippen LogP contribution in [0.5, 0.6) is 0 Å². The highest BCUT2D eigenvalue weighted by Crippen LogP contribution is 2.35. The first-order valence-electron chi connectivity index (χ1n) is 6.28. The van der Waals surface area contributed by atoms with Crippen LogP contribution in [0, 0.1) is 5.41 Å². The van der Waals surface area contributed by atoms with Crippen LogP contribution in [0.4, 0.5) is 5.13 Å². The maximum absolute atomic E-state index is 4.44. The van der Waals surface area contributed by atoms with Crippen LogP contribution >= 0.6 is 11.5 Å². The molecule has 0 unspecified atom stereocenters. The van der Waals surface area contributed by atoms with Crippen LogP contribution in [0.15, 0.2) is 0 Å². The molecule has 1 aliphatic rings. The number of hydrogen-bond acceptors (Lipinski definition) is 4. The number of nitrogens with one attached hydrogen (secondary N) is 1. The van der Waals surface area contributed by atoms with Gasteiger partial charge in [-0.05, 0) is 18.3 Å². The van der Waals surface area contributed by atoms with E-state index < -0.39 is 0 Å². The Kier molecular flexibility index (Phi) is 3.79. The molecule has 0 bridgehead atoms. The minimum absolute atomic E-state index is 0.469. The van der Waals surface area contributed by atoms with Crippen LogP contribution in [-0.2, 0) is 6.42 Å². The molecule has 1 aliphatic carbocycles. The molecule has 0 spiro atoms. The van der Waals surface area contributed by atoms with Crippen molar-refractivity contribution in [3.8, 4) is 0 Å². The summed E-state index contributed by atoms with van der Waals surface area (Å²) in [7, 11) is 0. The normalized spacial score (nSPS) is 19.6. The van der Waals surface area contributed by atoms with Crippen LogP contribution < -0.4 is 5.32 Å². The second-order valence-electron chi connectivity index (χ2n) is 5.09. The van der Waals surface area contributed by atoms with Gasteiger partial charge in [0.1, 0.15) is 5.82 Å². The fourth-order valence-corrected chi connectivity index (χ4v) is 2.99. The summed E-state index contributed by atoms with van der Waals surface area (Å²) in [5.74, 6) is 0.960. The molecule has 0 aromatic carbocycles. The lowest BCUT2D eigenvalue weighted by Gasteiger charge is -2.33. The van der Waals surface area contributed by atoms with Gasteiger partial charge in [-0.3, -0.25) is 0 Å². The van der Waals surface area contributed by atoms with Gasteiger partial charge < -0.3 is 5.32 Å². The maximum Gasteiger partial charge on any atom is 0.202 e. The summed E-state index contributed by atoms with van der Waals surface area (Å²) in [5.41, 5.74) is 0.469. The topological polar surface area (TPSA) is 37.8 Å². The van der Waals surface area contributed by atoms with E-state index in [9.17, 15) is 0 Å². The summed E-state index contributed by atoms with van der Waals surface area (Å²) in [6.45, 7) is 5.53. The summed E-state index contributed by atoms with van der Waals surface area (Å²) in [5, 5.41) is 4.44. The van der Waals surface area contributed by atoms with Gasteiger partial charge in [-0.2, -0.15) is 4.37 Å². The highest BCUT2D eigenvalue weighted by Gasteiger charge is 2.26. The molecule has 1 aromatic rings. The van der Waals surface area contributed by atoms with Gasteiger partial charge in [-0.15, -0.1) is 0 Å². The molecule has 1 saturated carbocycles.